The van der Waals surface area contributed by atoms with Gasteiger partial charge in [0.15, 0.2) is 0 Å². The molecule has 5 nitrogen and oxygen atoms in total. The van der Waals surface area contributed by atoms with Crippen LogP contribution in [0, 0.1) is 26.6 Å². The van der Waals surface area contributed by atoms with E-state index < -0.39 is 0 Å². The number of aryl methyl sites for hydroxylation is 4. The number of benzene rings is 2. The number of hydrogen-bond acceptors (Lipinski definition) is 4. The molecule has 0 saturated heterocycles. The van der Waals surface area contributed by atoms with E-state index in [0.717, 1.165) is 22.4 Å². The zero-order valence-electron chi connectivity index (χ0n) is 15.0. The Morgan fingerprint density at radius 1 is 1.12 bits per heavy atom. The molecule has 6 heteroatoms. The summed E-state index contributed by atoms with van der Waals surface area (Å²) in [7, 11) is 0. The van der Waals surface area contributed by atoms with Crippen molar-refractivity contribution < 1.29 is 13.7 Å². The average Bonchev–Trinajstić information content (AvgIpc) is 3.06. The molecule has 0 aliphatic heterocycles. The summed E-state index contributed by atoms with van der Waals surface area (Å²) in [6, 6.07) is 9.92. The number of hydrogen-bond donors (Lipinski definition) is 1. The Hall–Kier alpha value is -3.02. The molecule has 134 valence electrons. The van der Waals surface area contributed by atoms with Crippen LogP contribution in [0.15, 0.2) is 40.9 Å². The third-order valence-electron chi connectivity index (χ3n) is 4.08. The third kappa shape index (κ3) is 4.14. The van der Waals surface area contributed by atoms with E-state index in [-0.39, 0.29) is 18.1 Å². The topological polar surface area (TPSA) is 68.0 Å². The smallest absolute Gasteiger partial charge is 0.227 e. The summed E-state index contributed by atoms with van der Waals surface area (Å²) in [4.78, 5) is 16.5. The van der Waals surface area contributed by atoms with Gasteiger partial charge in [0.1, 0.15) is 5.82 Å². The summed E-state index contributed by atoms with van der Waals surface area (Å²) in [5.74, 6) is 0.319. The van der Waals surface area contributed by atoms with Crippen LogP contribution in [-0.2, 0) is 11.2 Å². The molecule has 1 heterocycles. The molecule has 0 spiro atoms. The van der Waals surface area contributed by atoms with Gasteiger partial charge in [-0.2, -0.15) is 4.98 Å². The number of anilines is 1. The molecule has 0 bridgehead atoms. The Morgan fingerprint density at radius 2 is 1.77 bits per heavy atom. The Bertz CT molecular complexity index is 909. The highest BCUT2D eigenvalue weighted by molar-refractivity contribution is 5.92. The molecule has 1 aromatic heterocycles. The van der Waals surface area contributed by atoms with E-state index >= 15 is 0 Å². The van der Waals surface area contributed by atoms with Gasteiger partial charge < -0.3 is 9.84 Å². The van der Waals surface area contributed by atoms with Crippen molar-refractivity contribution in [2.75, 3.05) is 5.32 Å². The van der Waals surface area contributed by atoms with Gasteiger partial charge in [0, 0.05) is 24.1 Å². The van der Waals surface area contributed by atoms with Gasteiger partial charge in [-0.05, 0) is 56.2 Å². The number of halogens is 1. The molecular weight excluding hydrogens is 333 g/mol. The molecule has 3 rings (SSSR count). The lowest BCUT2D eigenvalue weighted by atomic mass is 10.0. The second-order valence-corrected chi connectivity index (χ2v) is 6.34. The molecule has 0 aliphatic carbocycles. The van der Waals surface area contributed by atoms with Gasteiger partial charge in [0.2, 0.25) is 17.6 Å². The fourth-order valence-corrected chi connectivity index (χ4v) is 2.87. The summed E-state index contributed by atoms with van der Waals surface area (Å²) in [6.45, 7) is 5.98. The first-order valence-electron chi connectivity index (χ1n) is 8.38. The fraction of sp³-hybridized carbons (Fsp3) is 0.250. The van der Waals surface area contributed by atoms with E-state index in [2.05, 4.69) is 15.5 Å². The van der Waals surface area contributed by atoms with Crippen LogP contribution in [0.1, 0.15) is 29.0 Å². The van der Waals surface area contributed by atoms with Gasteiger partial charge >= 0.3 is 0 Å². The summed E-state index contributed by atoms with van der Waals surface area (Å²) in [6.07, 6.45) is 0.571. The number of nitrogens with zero attached hydrogens (tertiary/aromatic N) is 2. The highest BCUT2D eigenvalue weighted by Gasteiger charge is 2.12. The first kappa shape index (κ1) is 17.8. The van der Waals surface area contributed by atoms with Gasteiger partial charge in [-0.15, -0.1) is 0 Å². The lowest BCUT2D eigenvalue weighted by Gasteiger charge is -2.12. The maximum Gasteiger partial charge on any atom is 0.227 e. The van der Waals surface area contributed by atoms with Crippen molar-refractivity contribution in [2.45, 2.75) is 33.6 Å². The predicted molar refractivity (Wildman–Crippen MR) is 97.3 cm³/mol. The lowest BCUT2D eigenvalue weighted by molar-refractivity contribution is -0.116. The Labute approximate surface area is 151 Å². The number of nitrogens with one attached hydrogen (secondary N) is 1. The quantitative estimate of drug-likeness (QED) is 0.739. The summed E-state index contributed by atoms with van der Waals surface area (Å²) in [5, 5.41) is 6.83. The van der Waals surface area contributed by atoms with Gasteiger partial charge in [0.05, 0.1) is 0 Å². The van der Waals surface area contributed by atoms with Crippen molar-refractivity contribution in [1.82, 2.24) is 10.1 Å². The van der Waals surface area contributed by atoms with E-state index in [4.69, 9.17) is 4.52 Å². The molecule has 1 N–H and O–H groups in total. The number of carbonyl (C=O) groups is 1. The Balaban J connectivity index is 1.61. The average molecular weight is 353 g/mol. The molecule has 0 atom stereocenters. The van der Waals surface area contributed by atoms with Crippen LogP contribution in [0.2, 0.25) is 0 Å². The molecule has 26 heavy (non-hydrogen) atoms. The first-order chi connectivity index (χ1) is 12.4. The van der Waals surface area contributed by atoms with E-state index in [1.807, 2.05) is 32.9 Å². The lowest BCUT2D eigenvalue weighted by Crippen LogP contribution is -2.14. The number of rotatable bonds is 5. The van der Waals surface area contributed by atoms with E-state index in [1.165, 1.54) is 12.1 Å². The van der Waals surface area contributed by atoms with Crippen molar-refractivity contribution in [3.05, 3.63) is 64.8 Å². The van der Waals surface area contributed by atoms with E-state index in [0.29, 0.717) is 23.7 Å². The standard InChI is InChI=1S/C20H20FN3O2/c1-12-10-13(2)19(14(3)11-12)22-17(25)8-9-18-23-20(24-26-18)15-4-6-16(21)7-5-15/h4-7,10-11H,8-9H2,1-3H3,(H,22,25). The molecule has 1 amide bonds. The molecular formula is C20H20FN3O2. The molecule has 0 aliphatic rings. The summed E-state index contributed by atoms with van der Waals surface area (Å²) < 4.78 is 18.1. The monoisotopic (exact) mass is 353 g/mol. The van der Waals surface area contributed by atoms with Crippen LogP contribution < -0.4 is 5.32 Å². The van der Waals surface area contributed by atoms with Crippen molar-refractivity contribution in [3.8, 4) is 11.4 Å². The number of carbonyl (C=O) groups excluding carboxylic acids is 1. The highest BCUT2D eigenvalue weighted by Crippen LogP contribution is 2.22. The minimum atomic E-state index is -0.323. The molecule has 3 aromatic rings. The number of amides is 1. The molecule has 0 radical (unpaired) electrons. The molecule has 0 unspecified atom stereocenters. The Kier molecular flexibility index (Phi) is 5.11. The molecule has 0 saturated carbocycles. The van der Waals surface area contributed by atoms with Crippen molar-refractivity contribution in [1.29, 1.82) is 0 Å². The van der Waals surface area contributed by atoms with Crippen molar-refractivity contribution >= 4 is 11.6 Å². The van der Waals surface area contributed by atoms with Gasteiger partial charge in [-0.25, -0.2) is 4.39 Å². The number of aromatic nitrogens is 2. The summed E-state index contributed by atoms with van der Waals surface area (Å²) in [5.41, 5.74) is 4.74. The minimum absolute atomic E-state index is 0.110. The maximum atomic E-state index is 13.0. The Morgan fingerprint density at radius 3 is 2.42 bits per heavy atom. The first-order valence-corrected chi connectivity index (χ1v) is 8.38. The van der Waals surface area contributed by atoms with Crippen LogP contribution in [0.25, 0.3) is 11.4 Å². The van der Waals surface area contributed by atoms with Gasteiger partial charge in [-0.3, -0.25) is 4.79 Å². The third-order valence-corrected chi connectivity index (χ3v) is 4.08. The van der Waals surface area contributed by atoms with Crippen LogP contribution in [0.4, 0.5) is 10.1 Å². The van der Waals surface area contributed by atoms with Crippen molar-refractivity contribution in [2.24, 2.45) is 0 Å². The van der Waals surface area contributed by atoms with E-state index in [9.17, 15) is 9.18 Å². The zero-order valence-corrected chi connectivity index (χ0v) is 15.0. The second kappa shape index (κ2) is 7.47. The van der Waals surface area contributed by atoms with Crippen LogP contribution in [0.3, 0.4) is 0 Å². The van der Waals surface area contributed by atoms with Crippen LogP contribution in [-0.4, -0.2) is 16.0 Å². The fourth-order valence-electron chi connectivity index (χ4n) is 2.87. The van der Waals surface area contributed by atoms with Gasteiger partial charge in [-0.1, -0.05) is 22.9 Å². The maximum absolute atomic E-state index is 13.0. The van der Waals surface area contributed by atoms with Crippen LogP contribution >= 0.6 is 0 Å². The van der Waals surface area contributed by atoms with E-state index in [1.54, 1.807) is 12.1 Å². The largest absolute Gasteiger partial charge is 0.339 e. The zero-order chi connectivity index (χ0) is 18.7. The molecule has 0 fully saturated rings. The normalized spacial score (nSPS) is 10.8. The van der Waals surface area contributed by atoms with Gasteiger partial charge in [0.25, 0.3) is 0 Å². The highest BCUT2D eigenvalue weighted by atomic mass is 19.1. The van der Waals surface area contributed by atoms with Crippen LogP contribution in [0.5, 0.6) is 0 Å². The second-order valence-electron chi connectivity index (χ2n) is 6.34. The predicted octanol–water partition coefficient (Wildman–Crippen LogP) is 4.37. The molecule has 2 aromatic carbocycles. The minimum Gasteiger partial charge on any atom is -0.339 e. The SMILES string of the molecule is Cc1cc(C)c(NC(=O)CCc2nc(-c3ccc(F)cc3)no2)c(C)c1. The van der Waals surface area contributed by atoms with Crippen molar-refractivity contribution in [3.63, 3.8) is 0 Å². The summed E-state index contributed by atoms with van der Waals surface area (Å²) >= 11 is 0.